The average molecular weight is 386 g/mol. The van der Waals surface area contributed by atoms with Gasteiger partial charge in [0.25, 0.3) is 0 Å². The third-order valence-electron chi connectivity index (χ3n) is 5.97. The van der Waals surface area contributed by atoms with Gasteiger partial charge in [-0.3, -0.25) is 5.10 Å². The molecule has 0 atom stereocenters. The molecular weight excluding hydrogens is 358 g/mol. The fraction of sp³-hybridized carbons (Fsp3) is 0.250. The second kappa shape index (κ2) is 8.05. The Morgan fingerprint density at radius 3 is 2.21 bits per heavy atom. The van der Waals surface area contributed by atoms with Gasteiger partial charge in [-0.15, -0.1) is 0 Å². The maximum absolute atomic E-state index is 4.44. The summed E-state index contributed by atoms with van der Waals surface area (Å²) in [5.74, 6) is 0. The Kier molecular flexibility index (Phi) is 5.32. The van der Waals surface area contributed by atoms with E-state index in [1.807, 2.05) is 12.4 Å². The molecule has 0 aliphatic carbocycles. The summed E-state index contributed by atoms with van der Waals surface area (Å²) in [5.41, 5.74) is 4.93. The van der Waals surface area contributed by atoms with E-state index in [9.17, 15) is 0 Å². The molecule has 0 amide bonds. The first-order chi connectivity index (χ1) is 13.8. The molecule has 5 rings (SSSR count). The van der Waals surface area contributed by atoms with Gasteiger partial charge in [0.15, 0.2) is 5.65 Å². The van der Waals surface area contributed by atoms with Gasteiger partial charge in [0.05, 0.1) is 17.3 Å². The maximum atomic E-state index is 4.44. The number of pyridine rings is 1. The largest absolute Gasteiger partial charge is 0.364 e. The molecule has 2 aromatic heterocycles. The zero-order valence-electron chi connectivity index (χ0n) is 16.6. The minimum atomic E-state index is 0. The number of hydrogen-bond acceptors (Lipinski definition) is 4. The molecule has 148 valence electrons. The second-order valence-electron chi connectivity index (χ2n) is 7.77. The molecule has 1 aliphatic heterocycles. The quantitative estimate of drug-likeness (QED) is 0.510. The highest BCUT2D eigenvalue weighted by atomic mass is 15.2. The van der Waals surface area contributed by atoms with Crippen LogP contribution in [0.25, 0.3) is 11.0 Å². The molecule has 0 unspecified atom stereocenters. The van der Waals surface area contributed by atoms with Gasteiger partial charge in [-0.05, 0) is 42.9 Å². The number of H-pyrrole nitrogens is 1. The van der Waals surface area contributed by atoms with Crippen molar-refractivity contribution >= 4 is 16.7 Å². The number of fused-ring (bicyclic) bond motifs is 1. The van der Waals surface area contributed by atoms with Gasteiger partial charge < -0.3 is 11.1 Å². The predicted octanol–water partition coefficient (Wildman–Crippen LogP) is 4.94. The maximum Gasteiger partial charge on any atom is 0.157 e. The van der Waals surface area contributed by atoms with E-state index in [0.29, 0.717) is 0 Å². The number of benzene rings is 2. The van der Waals surface area contributed by atoms with Crippen molar-refractivity contribution in [2.45, 2.75) is 31.2 Å². The van der Waals surface area contributed by atoms with Crippen molar-refractivity contribution in [3.63, 3.8) is 0 Å². The van der Waals surface area contributed by atoms with Crippen LogP contribution in [0.15, 0.2) is 79.1 Å². The Hall–Kier alpha value is -3.18. The number of hydrogen-bond donors (Lipinski definition) is 2. The predicted molar refractivity (Wildman–Crippen MR) is 119 cm³/mol. The lowest BCUT2D eigenvalue weighted by atomic mass is 9.82. The summed E-state index contributed by atoms with van der Waals surface area (Å²) < 4.78 is 0. The van der Waals surface area contributed by atoms with Gasteiger partial charge in [-0.1, -0.05) is 60.7 Å². The third kappa shape index (κ3) is 3.61. The van der Waals surface area contributed by atoms with E-state index in [4.69, 9.17) is 0 Å². The van der Waals surface area contributed by atoms with Crippen LogP contribution in [0.3, 0.4) is 0 Å². The molecule has 0 radical (unpaired) electrons. The van der Waals surface area contributed by atoms with Gasteiger partial charge >= 0.3 is 0 Å². The average Bonchev–Trinajstić information content (AvgIpc) is 3.36. The molecule has 0 saturated carbocycles. The van der Waals surface area contributed by atoms with Crippen molar-refractivity contribution in [3.05, 3.63) is 90.3 Å². The molecule has 1 aliphatic rings. The first-order valence-corrected chi connectivity index (χ1v) is 9.98. The molecule has 0 bridgehead atoms. The van der Waals surface area contributed by atoms with E-state index in [0.717, 1.165) is 30.4 Å². The van der Waals surface area contributed by atoms with Crippen molar-refractivity contribution < 1.29 is 0 Å². The summed E-state index contributed by atoms with van der Waals surface area (Å²) in [7, 11) is 0. The smallest absolute Gasteiger partial charge is 0.157 e. The van der Waals surface area contributed by atoms with Crippen LogP contribution in [-0.2, 0) is 12.8 Å². The Balaban J connectivity index is 0.00000205. The standard InChI is InChI=1S/C24H24N4.H3N/c1-3-8-19(9-4-1)16-24(17-20-10-5-2-6-11-20)13-7-15-28(24)22-12-14-25-23-21(22)18-26-27-23;/h1-6,8-12,14,18H,7,13,15-17H2,(H,25,26,27);1H3. The molecule has 1 fully saturated rings. The van der Waals surface area contributed by atoms with Gasteiger partial charge in [0, 0.05) is 18.3 Å². The van der Waals surface area contributed by atoms with E-state index in [2.05, 4.69) is 86.8 Å². The number of aromatic amines is 1. The van der Waals surface area contributed by atoms with Gasteiger partial charge in [0.2, 0.25) is 0 Å². The zero-order valence-corrected chi connectivity index (χ0v) is 16.6. The number of aromatic nitrogens is 3. The van der Waals surface area contributed by atoms with E-state index >= 15 is 0 Å². The zero-order chi connectivity index (χ0) is 18.8. The highest BCUT2D eigenvalue weighted by molar-refractivity contribution is 5.89. The second-order valence-corrected chi connectivity index (χ2v) is 7.77. The highest BCUT2D eigenvalue weighted by Gasteiger charge is 2.41. The topological polar surface area (TPSA) is 79.8 Å². The third-order valence-corrected chi connectivity index (χ3v) is 5.97. The van der Waals surface area contributed by atoms with Crippen LogP contribution in [0, 0.1) is 0 Å². The summed E-state index contributed by atoms with van der Waals surface area (Å²) in [6.07, 6.45) is 8.24. The molecule has 4 N–H and O–H groups in total. The van der Waals surface area contributed by atoms with Crippen molar-refractivity contribution in [2.75, 3.05) is 11.4 Å². The highest BCUT2D eigenvalue weighted by Crippen LogP contribution is 2.41. The molecule has 2 aromatic carbocycles. The van der Waals surface area contributed by atoms with Crippen LogP contribution >= 0.6 is 0 Å². The Labute approximate surface area is 171 Å². The Morgan fingerprint density at radius 2 is 1.55 bits per heavy atom. The van der Waals surface area contributed by atoms with Crippen LogP contribution in [0.5, 0.6) is 0 Å². The molecular formula is C24H27N5. The van der Waals surface area contributed by atoms with Gasteiger partial charge in [-0.2, -0.15) is 5.10 Å². The first-order valence-electron chi connectivity index (χ1n) is 9.98. The monoisotopic (exact) mass is 385 g/mol. The summed E-state index contributed by atoms with van der Waals surface area (Å²) in [5, 5.41) is 8.36. The van der Waals surface area contributed by atoms with E-state index in [1.165, 1.54) is 29.7 Å². The molecule has 0 spiro atoms. The lowest BCUT2D eigenvalue weighted by Gasteiger charge is -2.41. The lowest BCUT2D eigenvalue weighted by molar-refractivity contribution is 0.418. The molecule has 3 heterocycles. The Morgan fingerprint density at radius 1 is 0.897 bits per heavy atom. The number of anilines is 1. The van der Waals surface area contributed by atoms with E-state index < -0.39 is 0 Å². The fourth-order valence-corrected chi connectivity index (χ4v) is 4.77. The van der Waals surface area contributed by atoms with E-state index in [1.54, 1.807) is 0 Å². The van der Waals surface area contributed by atoms with Crippen LogP contribution in [0.4, 0.5) is 5.69 Å². The van der Waals surface area contributed by atoms with Crippen LogP contribution in [-0.4, -0.2) is 27.3 Å². The number of rotatable bonds is 5. The van der Waals surface area contributed by atoms with Gasteiger partial charge in [-0.25, -0.2) is 4.98 Å². The van der Waals surface area contributed by atoms with Gasteiger partial charge in [0.1, 0.15) is 0 Å². The summed E-state index contributed by atoms with van der Waals surface area (Å²) >= 11 is 0. The molecule has 1 saturated heterocycles. The SMILES string of the molecule is N.c1ccc(CC2(Cc3ccccc3)CCCN2c2ccnc3[nH]ncc23)cc1. The van der Waals surface area contributed by atoms with Crippen LogP contribution in [0.1, 0.15) is 24.0 Å². The van der Waals surface area contributed by atoms with Crippen LogP contribution in [0.2, 0.25) is 0 Å². The molecule has 4 aromatic rings. The summed E-state index contributed by atoms with van der Waals surface area (Å²) in [6.45, 7) is 1.06. The lowest BCUT2D eigenvalue weighted by Crippen LogP contribution is -2.48. The Bertz CT molecular complexity index is 1020. The van der Waals surface area contributed by atoms with Crippen LogP contribution < -0.4 is 11.1 Å². The minimum Gasteiger partial charge on any atom is -0.364 e. The molecule has 5 heteroatoms. The van der Waals surface area contributed by atoms with E-state index in [-0.39, 0.29) is 11.7 Å². The molecule has 5 nitrogen and oxygen atoms in total. The number of nitrogens with zero attached hydrogens (tertiary/aromatic N) is 3. The first kappa shape index (κ1) is 19.2. The summed E-state index contributed by atoms with van der Waals surface area (Å²) in [6, 6.07) is 23.9. The van der Waals surface area contributed by atoms with Crippen molar-refractivity contribution in [1.82, 2.24) is 21.3 Å². The normalized spacial score (nSPS) is 15.4. The van der Waals surface area contributed by atoms with Crippen molar-refractivity contribution in [1.29, 1.82) is 0 Å². The molecule has 29 heavy (non-hydrogen) atoms. The number of nitrogens with one attached hydrogen (secondary N) is 1. The fourth-order valence-electron chi connectivity index (χ4n) is 4.77. The minimum absolute atomic E-state index is 0. The van der Waals surface area contributed by atoms with Crippen molar-refractivity contribution in [3.8, 4) is 0 Å². The van der Waals surface area contributed by atoms with Crippen molar-refractivity contribution in [2.24, 2.45) is 0 Å². The summed E-state index contributed by atoms with van der Waals surface area (Å²) in [4.78, 5) is 7.06.